The van der Waals surface area contributed by atoms with Crippen molar-refractivity contribution in [3.63, 3.8) is 0 Å². The number of carbonyl (C=O) groups excluding carboxylic acids is 2. The van der Waals surface area contributed by atoms with Crippen molar-refractivity contribution >= 4 is 33.2 Å². The molecule has 2 aliphatic rings. The predicted molar refractivity (Wildman–Crippen MR) is 125 cm³/mol. The molecule has 2 aromatic heterocycles. The van der Waals surface area contributed by atoms with E-state index in [4.69, 9.17) is 4.42 Å². The average Bonchev–Trinajstić information content (AvgIpc) is 3.55. The van der Waals surface area contributed by atoms with Crippen LogP contribution in [-0.4, -0.2) is 63.7 Å². The van der Waals surface area contributed by atoms with Gasteiger partial charge in [0, 0.05) is 30.3 Å². The molecule has 0 saturated carbocycles. The van der Waals surface area contributed by atoms with Crippen LogP contribution in [0.1, 0.15) is 47.2 Å². The highest BCUT2D eigenvalue weighted by Crippen LogP contribution is 2.51. The molecule has 3 atom stereocenters. The second kappa shape index (κ2) is 8.93. The Labute approximate surface area is 196 Å². The molecule has 2 N–H and O–H groups in total. The number of fused-ring (bicyclic) bond motifs is 1. The van der Waals surface area contributed by atoms with Crippen molar-refractivity contribution in [1.82, 2.24) is 9.80 Å². The Kier molecular flexibility index (Phi) is 5.99. The standard InChI is InChI=1S/C25H28N2O5S/c28-12-11-26-10-4-3-9-25(24(26)31)15-18(16-29)22(19-7-5-13-32-19)27(25)23(30)21-14-17-6-1-2-8-20(17)33-21/h1-2,5-8,13-14,18,22,28-29H,3-4,9-12,15-16H2/t18-,22-,25+/m1/s1. The molecular weight excluding hydrogens is 440 g/mol. The lowest BCUT2D eigenvalue weighted by molar-refractivity contribution is -0.142. The number of benzene rings is 1. The van der Waals surface area contributed by atoms with Gasteiger partial charge in [-0.05, 0) is 55.3 Å². The number of nitrogens with zero attached hydrogens (tertiary/aromatic N) is 2. The minimum atomic E-state index is -1.08. The molecule has 0 aliphatic carbocycles. The third-order valence-electron chi connectivity index (χ3n) is 7.03. The van der Waals surface area contributed by atoms with Crippen molar-refractivity contribution in [3.8, 4) is 0 Å². The lowest BCUT2D eigenvalue weighted by atomic mass is 9.86. The Morgan fingerprint density at radius 1 is 1.18 bits per heavy atom. The van der Waals surface area contributed by atoms with Crippen molar-refractivity contribution in [2.75, 3.05) is 26.3 Å². The first kappa shape index (κ1) is 22.1. The summed E-state index contributed by atoms with van der Waals surface area (Å²) in [5.74, 6) is -0.109. The summed E-state index contributed by atoms with van der Waals surface area (Å²) in [5.41, 5.74) is -1.08. The highest BCUT2D eigenvalue weighted by molar-refractivity contribution is 7.20. The highest BCUT2D eigenvalue weighted by atomic mass is 32.1. The van der Waals surface area contributed by atoms with Crippen LogP contribution in [0.25, 0.3) is 10.1 Å². The van der Waals surface area contributed by atoms with Gasteiger partial charge in [-0.2, -0.15) is 0 Å². The van der Waals surface area contributed by atoms with E-state index >= 15 is 0 Å². The fraction of sp³-hybridized carbons (Fsp3) is 0.440. The molecule has 5 rings (SSSR count). The quantitative estimate of drug-likeness (QED) is 0.598. The fourth-order valence-electron chi connectivity index (χ4n) is 5.60. The molecule has 4 heterocycles. The predicted octanol–water partition coefficient (Wildman–Crippen LogP) is 3.43. The first-order valence-electron chi connectivity index (χ1n) is 11.5. The molecule has 0 radical (unpaired) electrons. The number of hydrogen-bond acceptors (Lipinski definition) is 6. The van der Waals surface area contributed by atoms with E-state index < -0.39 is 11.6 Å². The van der Waals surface area contributed by atoms with E-state index in [9.17, 15) is 19.8 Å². The van der Waals surface area contributed by atoms with Gasteiger partial charge in [0.2, 0.25) is 5.91 Å². The van der Waals surface area contributed by atoms with Crippen LogP contribution in [0, 0.1) is 5.92 Å². The van der Waals surface area contributed by atoms with Gasteiger partial charge in [-0.1, -0.05) is 18.2 Å². The van der Waals surface area contributed by atoms with Crippen molar-refractivity contribution < 1.29 is 24.2 Å². The van der Waals surface area contributed by atoms with E-state index in [2.05, 4.69) is 0 Å². The van der Waals surface area contributed by atoms with Crippen LogP contribution in [-0.2, 0) is 4.79 Å². The van der Waals surface area contributed by atoms with Gasteiger partial charge in [0.05, 0.1) is 23.8 Å². The normalized spacial score (nSPS) is 25.8. The average molecular weight is 469 g/mol. The van der Waals surface area contributed by atoms with Gasteiger partial charge in [-0.15, -0.1) is 11.3 Å². The van der Waals surface area contributed by atoms with E-state index in [1.807, 2.05) is 36.4 Å². The van der Waals surface area contributed by atoms with Crippen LogP contribution in [0.5, 0.6) is 0 Å². The molecule has 2 amide bonds. The maximum Gasteiger partial charge on any atom is 0.265 e. The molecule has 2 aliphatic heterocycles. The summed E-state index contributed by atoms with van der Waals surface area (Å²) >= 11 is 1.42. The number of carbonyl (C=O) groups is 2. The minimum absolute atomic E-state index is 0.128. The molecule has 7 nitrogen and oxygen atoms in total. The van der Waals surface area contributed by atoms with Gasteiger partial charge in [0.1, 0.15) is 11.3 Å². The second-order valence-electron chi connectivity index (χ2n) is 8.94. The van der Waals surface area contributed by atoms with Gasteiger partial charge in [-0.25, -0.2) is 0 Å². The first-order chi connectivity index (χ1) is 16.1. The Balaban J connectivity index is 1.65. The van der Waals surface area contributed by atoms with Crippen molar-refractivity contribution in [1.29, 1.82) is 0 Å². The van der Waals surface area contributed by atoms with Crippen molar-refractivity contribution in [2.24, 2.45) is 5.92 Å². The third-order valence-corrected chi connectivity index (χ3v) is 8.14. The van der Waals surface area contributed by atoms with Crippen LogP contribution >= 0.6 is 11.3 Å². The van der Waals surface area contributed by atoms with E-state index in [-0.39, 0.29) is 37.5 Å². The lowest BCUT2D eigenvalue weighted by Gasteiger charge is -2.40. The summed E-state index contributed by atoms with van der Waals surface area (Å²) in [4.78, 5) is 32.1. The SMILES string of the molecule is O=C(c1cc2ccccc2s1)N1[C@@H](c2ccco2)[C@@H](CO)C[C@]12CCCCN(CCO)C2=O. The minimum Gasteiger partial charge on any atom is -0.467 e. The Morgan fingerprint density at radius 2 is 2.03 bits per heavy atom. The number of rotatable bonds is 5. The number of β-amino-alcohol motifs (C(OH)–C–C–N with tert-alkyl or cyclic N) is 1. The van der Waals surface area contributed by atoms with E-state index in [1.54, 1.807) is 22.1 Å². The summed E-state index contributed by atoms with van der Waals surface area (Å²) in [7, 11) is 0. The maximum atomic E-state index is 14.2. The number of amides is 2. The van der Waals surface area contributed by atoms with Gasteiger partial charge >= 0.3 is 0 Å². The zero-order valence-corrected chi connectivity index (χ0v) is 19.2. The van der Waals surface area contributed by atoms with Crippen LogP contribution < -0.4 is 0 Å². The Bertz CT molecular complexity index is 1110. The number of hydrogen-bond donors (Lipinski definition) is 2. The van der Waals surface area contributed by atoms with E-state index in [0.29, 0.717) is 30.0 Å². The molecule has 8 heteroatoms. The largest absolute Gasteiger partial charge is 0.467 e. The number of aliphatic hydroxyl groups is 2. The second-order valence-corrected chi connectivity index (χ2v) is 10.0. The van der Waals surface area contributed by atoms with Crippen LogP contribution in [0.15, 0.2) is 53.1 Å². The van der Waals surface area contributed by atoms with E-state index in [0.717, 1.165) is 22.9 Å². The Morgan fingerprint density at radius 3 is 2.76 bits per heavy atom. The topological polar surface area (TPSA) is 94.2 Å². The summed E-state index contributed by atoms with van der Waals surface area (Å²) in [6.45, 7) is 0.510. The summed E-state index contributed by atoms with van der Waals surface area (Å²) in [6.07, 6.45) is 4.05. The zero-order chi connectivity index (χ0) is 23.0. The number of aliphatic hydroxyl groups excluding tert-OH is 2. The Hall–Kier alpha value is -2.68. The molecule has 174 valence electrons. The van der Waals surface area contributed by atoms with Crippen molar-refractivity contribution in [2.45, 2.75) is 37.3 Å². The number of furan rings is 1. The van der Waals surface area contributed by atoms with Gasteiger partial charge < -0.3 is 24.4 Å². The summed E-state index contributed by atoms with van der Waals surface area (Å²) in [6, 6.07) is 12.8. The molecule has 0 bridgehead atoms. The summed E-state index contributed by atoms with van der Waals surface area (Å²) in [5, 5.41) is 20.9. The monoisotopic (exact) mass is 468 g/mol. The lowest BCUT2D eigenvalue weighted by Crippen LogP contribution is -2.58. The van der Waals surface area contributed by atoms with Gasteiger partial charge in [0.15, 0.2) is 0 Å². The molecule has 3 aromatic rings. The molecule has 33 heavy (non-hydrogen) atoms. The van der Waals surface area contributed by atoms with Gasteiger partial charge in [0.25, 0.3) is 5.91 Å². The molecule has 2 fully saturated rings. The zero-order valence-electron chi connectivity index (χ0n) is 18.4. The van der Waals surface area contributed by atoms with Crippen LogP contribution in [0.2, 0.25) is 0 Å². The van der Waals surface area contributed by atoms with Crippen LogP contribution in [0.3, 0.4) is 0 Å². The number of likely N-dealkylation sites (tertiary alicyclic amines) is 2. The van der Waals surface area contributed by atoms with Gasteiger partial charge in [-0.3, -0.25) is 9.59 Å². The molecule has 1 spiro atoms. The molecular formula is C25H28N2O5S. The molecule has 2 saturated heterocycles. The van der Waals surface area contributed by atoms with Crippen molar-refractivity contribution in [3.05, 3.63) is 59.4 Å². The van der Waals surface area contributed by atoms with E-state index in [1.165, 1.54) is 11.3 Å². The first-order valence-corrected chi connectivity index (χ1v) is 12.3. The maximum absolute atomic E-state index is 14.2. The number of thiophene rings is 1. The smallest absolute Gasteiger partial charge is 0.265 e. The summed E-state index contributed by atoms with van der Waals surface area (Å²) < 4.78 is 6.74. The van der Waals surface area contributed by atoms with Crippen LogP contribution in [0.4, 0.5) is 0 Å². The third kappa shape index (κ3) is 3.66. The fourth-order valence-corrected chi connectivity index (χ4v) is 6.60. The molecule has 0 unspecified atom stereocenters. The highest BCUT2D eigenvalue weighted by Gasteiger charge is 2.60. The molecule has 1 aromatic carbocycles.